The molecule has 204 valence electrons. The van der Waals surface area contributed by atoms with Gasteiger partial charge < -0.3 is 26.4 Å². The first-order valence-corrected chi connectivity index (χ1v) is 12.4. The van der Waals surface area contributed by atoms with Gasteiger partial charge in [-0.25, -0.2) is 14.4 Å². The lowest BCUT2D eigenvalue weighted by Crippen LogP contribution is -2.33. The number of rotatable bonds is 11. The Bertz CT molecular complexity index is 1510. The topological polar surface area (TPSA) is 136 Å². The summed E-state index contributed by atoms with van der Waals surface area (Å²) in [5, 5.41) is 8.72. The van der Waals surface area contributed by atoms with Gasteiger partial charge in [0.1, 0.15) is 0 Å². The van der Waals surface area contributed by atoms with Crippen LogP contribution in [-0.2, 0) is 11.2 Å². The molecule has 2 aromatic heterocycles. The molecule has 10 nitrogen and oxygen atoms in total. The van der Waals surface area contributed by atoms with Gasteiger partial charge in [0.05, 0.1) is 25.5 Å². The fraction of sp³-hybridized carbons (Fsp3) is 0.259. The highest BCUT2D eigenvalue weighted by Crippen LogP contribution is 2.31. The Hall–Kier alpha value is -4.58. The highest BCUT2D eigenvalue weighted by atomic mass is 19.2. The zero-order valence-corrected chi connectivity index (χ0v) is 21.6. The molecule has 0 fully saturated rings. The van der Waals surface area contributed by atoms with Gasteiger partial charge in [0.2, 0.25) is 11.7 Å². The van der Waals surface area contributed by atoms with E-state index in [0.29, 0.717) is 54.3 Å². The van der Waals surface area contributed by atoms with Crippen molar-refractivity contribution in [3.8, 4) is 17.0 Å². The average Bonchev–Trinajstić information content (AvgIpc) is 3.38. The third-order valence-electron chi connectivity index (χ3n) is 6.11. The molecule has 4 rings (SSSR count). The van der Waals surface area contributed by atoms with Crippen molar-refractivity contribution in [1.82, 2.24) is 25.0 Å². The van der Waals surface area contributed by atoms with Gasteiger partial charge >= 0.3 is 0 Å². The number of amides is 2. The number of nitrogens with zero attached hydrogens (tertiary/aromatic N) is 3. The van der Waals surface area contributed by atoms with Gasteiger partial charge in [-0.1, -0.05) is 6.92 Å². The fourth-order valence-electron chi connectivity index (χ4n) is 4.10. The summed E-state index contributed by atoms with van der Waals surface area (Å²) in [4.78, 5) is 32.7. The number of ether oxygens (including phenoxy) is 1. The van der Waals surface area contributed by atoms with Crippen LogP contribution in [-0.4, -0.2) is 52.9 Å². The maximum Gasteiger partial charge on any atom is 0.251 e. The van der Waals surface area contributed by atoms with E-state index in [4.69, 9.17) is 10.5 Å². The van der Waals surface area contributed by atoms with Crippen molar-refractivity contribution in [3.05, 3.63) is 71.7 Å². The lowest BCUT2D eigenvalue weighted by atomic mass is 10.0. The number of imidazole rings is 1. The number of nitrogens with one attached hydrogen (secondary N) is 3. The van der Waals surface area contributed by atoms with Crippen molar-refractivity contribution in [2.24, 2.45) is 5.73 Å². The van der Waals surface area contributed by atoms with Crippen LogP contribution in [0.3, 0.4) is 0 Å². The summed E-state index contributed by atoms with van der Waals surface area (Å²) >= 11 is 0. The van der Waals surface area contributed by atoms with Crippen molar-refractivity contribution in [2.75, 3.05) is 32.1 Å². The first-order chi connectivity index (χ1) is 18.9. The summed E-state index contributed by atoms with van der Waals surface area (Å²) in [5.74, 6) is -2.35. The molecule has 2 heterocycles. The minimum absolute atomic E-state index is 0.0309. The number of aryl methyl sites for hydroxylation is 1. The van der Waals surface area contributed by atoms with Crippen LogP contribution in [0.2, 0.25) is 0 Å². The summed E-state index contributed by atoms with van der Waals surface area (Å²) in [6.45, 7) is 2.70. The van der Waals surface area contributed by atoms with Crippen LogP contribution >= 0.6 is 0 Å². The summed E-state index contributed by atoms with van der Waals surface area (Å²) in [6, 6.07) is 8.12. The second-order valence-corrected chi connectivity index (χ2v) is 8.57. The largest absolute Gasteiger partial charge is 0.494 e. The van der Waals surface area contributed by atoms with E-state index in [1.807, 2.05) is 13.0 Å². The van der Waals surface area contributed by atoms with Crippen molar-refractivity contribution in [1.29, 1.82) is 0 Å². The van der Waals surface area contributed by atoms with E-state index in [-0.39, 0.29) is 29.7 Å². The maximum atomic E-state index is 14.8. The van der Waals surface area contributed by atoms with Crippen LogP contribution in [0, 0.1) is 11.6 Å². The molecule has 4 aromatic rings. The van der Waals surface area contributed by atoms with Crippen LogP contribution in [0.15, 0.2) is 48.9 Å². The number of aromatic nitrogens is 3. The molecule has 0 bridgehead atoms. The number of carbonyl (C=O) groups is 2. The Kier molecular flexibility index (Phi) is 8.67. The van der Waals surface area contributed by atoms with E-state index in [0.717, 1.165) is 5.56 Å². The number of halogens is 2. The van der Waals surface area contributed by atoms with Crippen LogP contribution < -0.4 is 26.4 Å². The normalized spacial score (nSPS) is 10.9. The molecule has 2 amide bonds. The summed E-state index contributed by atoms with van der Waals surface area (Å²) in [5.41, 5.74) is 8.08. The molecule has 5 N–H and O–H groups in total. The number of hydrogen-bond donors (Lipinski definition) is 4. The number of fused-ring (bicyclic) bond motifs is 1. The van der Waals surface area contributed by atoms with Crippen molar-refractivity contribution in [2.45, 2.75) is 19.8 Å². The average molecular weight is 538 g/mol. The molecule has 0 atom stereocenters. The molecule has 39 heavy (non-hydrogen) atoms. The molecular formula is C27H29F2N7O3. The van der Waals surface area contributed by atoms with Crippen LogP contribution in [0.1, 0.15) is 29.3 Å². The zero-order chi connectivity index (χ0) is 27.9. The Morgan fingerprint density at radius 1 is 1.08 bits per heavy atom. The van der Waals surface area contributed by atoms with Crippen LogP contribution in [0.25, 0.3) is 16.9 Å². The Morgan fingerprint density at radius 3 is 2.62 bits per heavy atom. The Labute approximate surface area is 223 Å². The van der Waals surface area contributed by atoms with E-state index in [9.17, 15) is 18.4 Å². The van der Waals surface area contributed by atoms with Gasteiger partial charge in [0, 0.05) is 42.3 Å². The quantitative estimate of drug-likeness (QED) is 0.216. The first kappa shape index (κ1) is 27.5. The number of methoxy groups -OCH3 is 1. The molecule has 0 aliphatic rings. The molecule has 0 aliphatic heterocycles. The Balaban J connectivity index is 1.51. The summed E-state index contributed by atoms with van der Waals surface area (Å²) in [7, 11) is 1.27. The van der Waals surface area contributed by atoms with Crippen molar-refractivity contribution in [3.63, 3.8) is 0 Å². The molecular weight excluding hydrogens is 508 g/mol. The predicted molar refractivity (Wildman–Crippen MR) is 143 cm³/mol. The second kappa shape index (κ2) is 12.3. The third-order valence-corrected chi connectivity index (χ3v) is 6.11. The lowest BCUT2D eigenvalue weighted by molar-refractivity contribution is -0.119. The molecule has 0 unspecified atom stereocenters. The molecule has 0 saturated heterocycles. The van der Waals surface area contributed by atoms with Crippen LogP contribution in [0.5, 0.6) is 5.75 Å². The van der Waals surface area contributed by atoms with Gasteiger partial charge in [-0.05, 0) is 48.7 Å². The van der Waals surface area contributed by atoms with Gasteiger partial charge in [0.15, 0.2) is 23.0 Å². The fourth-order valence-corrected chi connectivity index (χ4v) is 4.10. The predicted octanol–water partition coefficient (Wildman–Crippen LogP) is 3.18. The minimum Gasteiger partial charge on any atom is -0.494 e. The van der Waals surface area contributed by atoms with E-state index < -0.39 is 11.6 Å². The molecule has 12 heteroatoms. The van der Waals surface area contributed by atoms with Crippen LogP contribution in [0.4, 0.5) is 20.3 Å². The smallest absolute Gasteiger partial charge is 0.251 e. The van der Waals surface area contributed by atoms with E-state index in [2.05, 4.69) is 25.9 Å². The van der Waals surface area contributed by atoms with Gasteiger partial charge in [0.25, 0.3) is 5.91 Å². The lowest BCUT2D eigenvalue weighted by Gasteiger charge is -2.13. The molecule has 0 spiro atoms. The number of anilines is 2. The Morgan fingerprint density at radius 2 is 1.87 bits per heavy atom. The number of benzene rings is 2. The van der Waals surface area contributed by atoms with Gasteiger partial charge in [-0.3, -0.25) is 14.0 Å². The maximum absolute atomic E-state index is 14.8. The van der Waals surface area contributed by atoms with Gasteiger partial charge in [-0.2, -0.15) is 4.39 Å². The number of hydrogen-bond acceptors (Lipinski definition) is 7. The monoisotopic (exact) mass is 537 g/mol. The highest BCUT2D eigenvalue weighted by Gasteiger charge is 2.19. The minimum atomic E-state index is -1.08. The van der Waals surface area contributed by atoms with E-state index in [1.54, 1.807) is 22.7 Å². The van der Waals surface area contributed by atoms with Crippen molar-refractivity contribution < 1.29 is 23.1 Å². The first-order valence-electron chi connectivity index (χ1n) is 12.4. The summed E-state index contributed by atoms with van der Waals surface area (Å²) < 4.78 is 35.5. The summed E-state index contributed by atoms with van der Waals surface area (Å²) in [6.07, 6.45) is 5.76. The molecule has 0 saturated carbocycles. The SMILES string of the molecule is CCc1cc(Nc2nccn3c(-c4ccc(OC)c(F)c4F)cnc23)ccc1C(=O)NCCCNC(=O)CN. The molecule has 2 aromatic carbocycles. The molecule has 0 radical (unpaired) electrons. The standard InChI is InChI=1S/C27H29F2N7O3/c1-3-16-13-17(5-6-18(16)27(38)33-10-4-9-31-22(37)14-30)35-25-26-34-15-20(36(26)12-11-32-25)19-7-8-21(39-2)24(29)23(19)28/h5-8,11-13,15H,3-4,9-10,14,30H2,1-2H3,(H,31,37)(H,32,35)(H,33,38). The van der Waals surface area contributed by atoms with E-state index >= 15 is 0 Å². The second-order valence-electron chi connectivity index (χ2n) is 8.57. The third kappa shape index (κ3) is 5.96. The van der Waals surface area contributed by atoms with E-state index in [1.165, 1.54) is 31.6 Å². The molecule has 0 aliphatic carbocycles. The number of nitrogens with two attached hydrogens (primary N) is 1. The van der Waals surface area contributed by atoms with Gasteiger partial charge in [-0.15, -0.1) is 0 Å². The zero-order valence-electron chi connectivity index (χ0n) is 21.6. The highest BCUT2D eigenvalue weighted by molar-refractivity contribution is 5.96. The van der Waals surface area contributed by atoms with Crippen molar-refractivity contribution >= 4 is 29.0 Å². The number of carbonyl (C=O) groups excluding carboxylic acids is 2.